The summed E-state index contributed by atoms with van der Waals surface area (Å²) in [5.41, 5.74) is 0.950. The van der Waals surface area contributed by atoms with Crippen molar-refractivity contribution in [3.05, 3.63) is 35.2 Å². The molecular formula is C8H8BrO. The third-order valence-electron chi connectivity index (χ3n) is 1.17. The van der Waals surface area contributed by atoms with Crippen LogP contribution in [-0.4, -0.2) is 7.11 Å². The van der Waals surface area contributed by atoms with Gasteiger partial charge in [0.25, 0.3) is 0 Å². The highest BCUT2D eigenvalue weighted by molar-refractivity contribution is 9.10. The fraction of sp³-hybridized carbons (Fsp3) is 0.125. The number of ether oxygens (including phenoxy) is 1. The van der Waals surface area contributed by atoms with Crippen LogP contribution in [-0.2, 0) is 0 Å². The van der Waals surface area contributed by atoms with E-state index in [1.54, 1.807) is 7.11 Å². The van der Waals surface area contributed by atoms with E-state index < -0.39 is 0 Å². The monoisotopic (exact) mass is 199 g/mol. The second kappa shape index (κ2) is 3.06. The highest BCUT2D eigenvalue weighted by Crippen LogP contribution is 2.20. The number of methoxy groups -OCH3 is 1. The first-order valence-corrected chi connectivity index (χ1v) is 3.68. The summed E-state index contributed by atoms with van der Waals surface area (Å²) in [5.74, 6) is 0.833. The molecule has 0 aliphatic carbocycles. The smallest absolute Gasteiger partial charge is 0.120 e. The number of hydrogen-bond donors (Lipinski definition) is 0. The van der Waals surface area contributed by atoms with E-state index in [0.29, 0.717) is 0 Å². The van der Waals surface area contributed by atoms with E-state index in [1.165, 1.54) is 0 Å². The summed E-state index contributed by atoms with van der Waals surface area (Å²) in [6.45, 7) is 3.78. The lowest BCUT2D eigenvalue weighted by molar-refractivity contribution is 0.414. The summed E-state index contributed by atoms with van der Waals surface area (Å²) in [4.78, 5) is 0. The van der Waals surface area contributed by atoms with Crippen molar-refractivity contribution in [2.75, 3.05) is 7.11 Å². The highest BCUT2D eigenvalue weighted by atomic mass is 79.9. The van der Waals surface area contributed by atoms with Gasteiger partial charge in [0.2, 0.25) is 0 Å². The van der Waals surface area contributed by atoms with E-state index in [4.69, 9.17) is 4.74 Å². The molecule has 0 spiro atoms. The van der Waals surface area contributed by atoms with Crippen molar-refractivity contribution >= 4 is 15.9 Å². The highest BCUT2D eigenvalue weighted by Gasteiger charge is 1.93. The molecule has 53 valence electrons. The summed E-state index contributed by atoms with van der Waals surface area (Å²) in [7, 11) is 1.64. The van der Waals surface area contributed by atoms with E-state index in [0.717, 1.165) is 15.8 Å². The molecule has 1 aromatic rings. The van der Waals surface area contributed by atoms with Gasteiger partial charge in [-0.1, -0.05) is 15.9 Å². The van der Waals surface area contributed by atoms with Gasteiger partial charge in [0.15, 0.2) is 0 Å². The van der Waals surface area contributed by atoms with Crippen molar-refractivity contribution in [3.63, 3.8) is 0 Å². The zero-order valence-electron chi connectivity index (χ0n) is 5.73. The summed E-state index contributed by atoms with van der Waals surface area (Å²) in [5, 5.41) is 0. The van der Waals surface area contributed by atoms with Crippen molar-refractivity contribution in [2.45, 2.75) is 0 Å². The maximum absolute atomic E-state index is 5.01. The molecule has 1 aromatic carbocycles. The van der Waals surface area contributed by atoms with E-state index >= 15 is 0 Å². The first kappa shape index (κ1) is 7.61. The van der Waals surface area contributed by atoms with Crippen LogP contribution in [0, 0.1) is 6.92 Å². The average molecular weight is 200 g/mol. The minimum absolute atomic E-state index is 0.833. The third kappa shape index (κ3) is 1.74. The van der Waals surface area contributed by atoms with Gasteiger partial charge in [-0.2, -0.15) is 0 Å². The van der Waals surface area contributed by atoms with Gasteiger partial charge < -0.3 is 4.74 Å². The minimum Gasteiger partial charge on any atom is -0.497 e. The molecule has 0 heterocycles. The molecule has 0 aliphatic heterocycles. The van der Waals surface area contributed by atoms with Crippen molar-refractivity contribution in [1.29, 1.82) is 0 Å². The Hall–Kier alpha value is -0.500. The molecule has 0 saturated carbocycles. The molecule has 1 radical (unpaired) electrons. The van der Waals surface area contributed by atoms with E-state index in [2.05, 4.69) is 22.9 Å². The zero-order valence-corrected chi connectivity index (χ0v) is 7.31. The van der Waals surface area contributed by atoms with Crippen LogP contribution in [0.15, 0.2) is 22.7 Å². The Morgan fingerprint density at radius 2 is 2.10 bits per heavy atom. The van der Waals surface area contributed by atoms with Crippen LogP contribution in [0.25, 0.3) is 0 Å². The van der Waals surface area contributed by atoms with Gasteiger partial charge in [-0.05, 0) is 30.7 Å². The second-order valence-electron chi connectivity index (χ2n) is 2.00. The van der Waals surface area contributed by atoms with Gasteiger partial charge in [0, 0.05) is 4.47 Å². The largest absolute Gasteiger partial charge is 0.497 e. The van der Waals surface area contributed by atoms with E-state index in [9.17, 15) is 0 Å². The Balaban J connectivity index is 3.06. The molecule has 10 heavy (non-hydrogen) atoms. The van der Waals surface area contributed by atoms with Gasteiger partial charge >= 0.3 is 0 Å². The molecule has 0 N–H and O–H groups in total. The first-order chi connectivity index (χ1) is 4.72. The Bertz CT molecular complexity index is 212. The first-order valence-electron chi connectivity index (χ1n) is 2.89. The van der Waals surface area contributed by atoms with Crippen LogP contribution in [0.3, 0.4) is 0 Å². The lowest BCUT2D eigenvalue weighted by atomic mass is 10.2. The Kier molecular flexibility index (Phi) is 2.33. The lowest BCUT2D eigenvalue weighted by Gasteiger charge is -2.00. The molecule has 0 fully saturated rings. The zero-order chi connectivity index (χ0) is 7.56. The average Bonchev–Trinajstić information content (AvgIpc) is 1.85. The molecule has 2 heteroatoms. The topological polar surface area (TPSA) is 9.23 Å². The molecule has 0 saturated heterocycles. The van der Waals surface area contributed by atoms with Gasteiger partial charge in [-0.25, -0.2) is 0 Å². The van der Waals surface area contributed by atoms with Gasteiger partial charge in [0.05, 0.1) is 7.11 Å². The molecule has 0 aliphatic rings. The fourth-order valence-corrected chi connectivity index (χ4v) is 1.26. The number of hydrogen-bond acceptors (Lipinski definition) is 1. The molecule has 1 rings (SSSR count). The molecule has 0 amide bonds. The normalized spacial score (nSPS) is 9.50. The lowest BCUT2D eigenvalue weighted by Crippen LogP contribution is -1.82. The van der Waals surface area contributed by atoms with Gasteiger partial charge in [0.1, 0.15) is 5.75 Å². The van der Waals surface area contributed by atoms with Crippen molar-refractivity contribution < 1.29 is 4.74 Å². The molecule has 0 aromatic heterocycles. The molecule has 0 unspecified atom stereocenters. The maximum Gasteiger partial charge on any atom is 0.120 e. The van der Waals surface area contributed by atoms with Crippen LogP contribution in [0.5, 0.6) is 5.75 Å². The van der Waals surface area contributed by atoms with Gasteiger partial charge in [-0.15, -0.1) is 0 Å². The number of halogens is 1. The van der Waals surface area contributed by atoms with E-state index in [1.807, 2.05) is 18.2 Å². The summed E-state index contributed by atoms with van der Waals surface area (Å²) in [6, 6.07) is 5.71. The predicted molar refractivity (Wildman–Crippen MR) is 45.2 cm³/mol. The van der Waals surface area contributed by atoms with Crippen molar-refractivity contribution in [1.82, 2.24) is 0 Å². The quantitative estimate of drug-likeness (QED) is 0.677. The SMILES string of the molecule is [CH2]c1cc(Br)cc(OC)c1. The predicted octanol–water partition coefficient (Wildman–Crippen LogP) is 2.64. The van der Waals surface area contributed by atoms with Crippen LogP contribution >= 0.6 is 15.9 Å². The van der Waals surface area contributed by atoms with Crippen molar-refractivity contribution in [2.24, 2.45) is 0 Å². The maximum atomic E-state index is 5.01. The minimum atomic E-state index is 0.833. The van der Waals surface area contributed by atoms with Gasteiger partial charge in [-0.3, -0.25) is 0 Å². The number of benzene rings is 1. The third-order valence-corrected chi connectivity index (χ3v) is 1.62. The summed E-state index contributed by atoms with van der Waals surface area (Å²) < 4.78 is 6.00. The Labute approximate surface area is 69.1 Å². The van der Waals surface area contributed by atoms with Crippen molar-refractivity contribution in [3.8, 4) is 5.75 Å². The molecule has 1 nitrogen and oxygen atoms in total. The van der Waals surface area contributed by atoms with Crippen LogP contribution < -0.4 is 4.74 Å². The Morgan fingerprint density at radius 3 is 2.60 bits per heavy atom. The number of rotatable bonds is 1. The molecule has 0 bridgehead atoms. The van der Waals surface area contributed by atoms with Crippen LogP contribution in [0.4, 0.5) is 0 Å². The Morgan fingerprint density at radius 1 is 1.40 bits per heavy atom. The standard InChI is InChI=1S/C8H8BrO/c1-6-3-7(9)5-8(4-6)10-2/h3-5H,1H2,2H3. The molecular weight excluding hydrogens is 192 g/mol. The van der Waals surface area contributed by atoms with Crippen LogP contribution in [0.1, 0.15) is 5.56 Å². The van der Waals surface area contributed by atoms with Crippen LogP contribution in [0.2, 0.25) is 0 Å². The second-order valence-corrected chi connectivity index (χ2v) is 2.91. The summed E-state index contributed by atoms with van der Waals surface area (Å²) >= 11 is 3.33. The fourth-order valence-electron chi connectivity index (χ4n) is 0.739. The molecule has 0 atom stereocenters. The summed E-state index contributed by atoms with van der Waals surface area (Å²) in [6.07, 6.45) is 0. The van der Waals surface area contributed by atoms with E-state index in [-0.39, 0.29) is 0 Å².